The number of hydrogen-bond donors (Lipinski definition) is 2. The highest BCUT2D eigenvalue weighted by Gasteiger charge is 2.33. The molecule has 1 fully saturated rings. The minimum absolute atomic E-state index is 0.0142. The number of hydrogen-bond acceptors (Lipinski definition) is 3. The Morgan fingerprint density at radius 1 is 1.36 bits per heavy atom. The van der Waals surface area contributed by atoms with Crippen LogP contribution in [0, 0.1) is 0 Å². The number of ether oxygens (including phenoxy) is 1. The van der Waals surface area contributed by atoms with Crippen molar-refractivity contribution in [1.82, 2.24) is 10.6 Å². The second-order valence-corrected chi connectivity index (χ2v) is 8.03. The first kappa shape index (κ1) is 17.5. The van der Waals surface area contributed by atoms with Crippen molar-refractivity contribution >= 4 is 28.7 Å². The van der Waals surface area contributed by atoms with Gasteiger partial charge in [-0.25, -0.2) is 4.79 Å². The molecule has 122 valence electrons. The van der Waals surface area contributed by atoms with Crippen LogP contribution in [0.15, 0.2) is 30.3 Å². The molecule has 1 aliphatic heterocycles. The highest BCUT2D eigenvalue weighted by Crippen LogP contribution is 2.31. The molecule has 1 heterocycles. The number of benzene rings is 1. The van der Waals surface area contributed by atoms with E-state index in [4.69, 9.17) is 4.74 Å². The average Bonchev–Trinajstić information content (AvgIpc) is 2.97. The molecule has 1 aliphatic rings. The predicted molar refractivity (Wildman–Crippen MR) is 97.4 cm³/mol. The normalized spacial score (nSPS) is 21.2. The first-order valence-electron chi connectivity index (χ1n) is 7.79. The van der Waals surface area contributed by atoms with Crippen molar-refractivity contribution in [3.63, 3.8) is 0 Å². The van der Waals surface area contributed by atoms with E-state index in [2.05, 4.69) is 45.4 Å². The lowest BCUT2D eigenvalue weighted by atomic mass is 9.98. The van der Waals surface area contributed by atoms with Gasteiger partial charge in [-0.3, -0.25) is 0 Å². The molecule has 0 aliphatic carbocycles. The summed E-state index contributed by atoms with van der Waals surface area (Å²) in [5.41, 5.74) is 0.739. The monoisotopic (exact) mass is 416 g/mol. The number of carbonyl (C=O) groups is 1. The van der Waals surface area contributed by atoms with Gasteiger partial charge < -0.3 is 15.4 Å². The van der Waals surface area contributed by atoms with Crippen LogP contribution < -0.4 is 10.6 Å². The topological polar surface area (TPSA) is 50.4 Å². The molecule has 2 rings (SSSR count). The number of alkyl carbamates (subject to hydrolysis) is 1. The Balaban J connectivity index is 2.11. The van der Waals surface area contributed by atoms with Gasteiger partial charge in [-0.05, 0) is 45.7 Å². The lowest BCUT2D eigenvalue weighted by Gasteiger charge is -2.31. The smallest absolute Gasteiger partial charge is 0.407 e. The SMILES string of the molecule is CC(C)(C)OC(=O)N[C@@H](C1CCCN1)C(I)c1ccccc1. The van der Waals surface area contributed by atoms with E-state index >= 15 is 0 Å². The van der Waals surface area contributed by atoms with E-state index in [0.717, 1.165) is 19.4 Å². The van der Waals surface area contributed by atoms with Gasteiger partial charge in [0.15, 0.2) is 0 Å². The average molecular weight is 416 g/mol. The molecule has 2 N–H and O–H groups in total. The molecule has 0 radical (unpaired) electrons. The van der Waals surface area contributed by atoms with Gasteiger partial charge in [-0.2, -0.15) is 0 Å². The molecule has 0 aromatic heterocycles. The van der Waals surface area contributed by atoms with Gasteiger partial charge in [0, 0.05) is 6.04 Å². The van der Waals surface area contributed by atoms with Gasteiger partial charge in [0.25, 0.3) is 0 Å². The van der Waals surface area contributed by atoms with Crippen molar-refractivity contribution in [2.24, 2.45) is 0 Å². The standard InChI is InChI=1S/C17H25IN2O2/c1-17(2,3)22-16(21)20-15(13-10-7-11-19-13)14(18)12-8-5-4-6-9-12/h4-6,8-9,13-15,19H,7,10-11H2,1-3H3,(H,20,21)/t13?,14?,15-/m0/s1. The summed E-state index contributed by atoms with van der Waals surface area (Å²) in [5, 5.41) is 6.58. The summed E-state index contributed by atoms with van der Waals surface area (Å²) < 4.78 is 5.63. The van der Waals surface area contributed by atoms with Gasteiger partial charge in [0.1, 0.15) is 5.60 Å². The number of alkyl halides is 1. The van der Waals surface area contributed by atoms with Crippen LogP contribution >= 0.6 is 22.6 Å². The van der Waals surface area contributed by atoms with Gasteiger partial charge in [-0.15, -0.1) is 0 Å². The predicted octanol–water partition coefficient (Wildman–Crippen LogP) is 3.81. The summed E-state index contributed by atoms with van der Waals surface area (Å²) in [5.74, 6) is 0. The minimum atomic E-state index is -0.481. The second kappa shape index (κ2) is 7.64. The van der Waals surface area contributed by atoms with Gasteiger partial charge >= 0.3 is 6.09 Å². The van der Waals surface area contributed by atoms with Crippen LogP contribution in [0.5, 0.6) is 0 Å². The summed E-state index contributed by atoms with van der Waals surface area (Å²) >= 11 is 2.42. The van der Waals surface area contributed by atoms with Crippen molar-refractivity contribution in [3.8, 4) is 0 Å². The summed E-state index contributed by atoms with van der Waals surface area (Å²) in [4.78, 5) is 12.2. The lowest BCUT2D eigenvalue weighted by molar-refractivity contribution is 0.0494. The maximum Gasteiger partial charge on any atom is 0.407 e. The van der Waals surface area contributed by atoms with Gasteiger partial charge in [0.05, 0.1) is 9.97 Å². The fourth-order valence-corrected chi connectivity index (χ4v) is 3.78. The molecule has 2 unspecified atom stereocenters. The van der Waals surface area contributed by atoms with Crippen LogP contribution in [0.2, 0.25) is 0 Å². The summed E-state index contributed by atoms with van der Waals surface area (Å²) in [6, 6.07) is 10.6. The van der Waals surface area contributed by atoms with Gasteiger partial charge in [0.2, 0.25) is 0 Å². The van der Waals surface area contributed by atoms with Gasteiger partial charge in [-0.1, -0.05) is 52.9 Å². The first-order valence-corrected chi connectivity index (χ1v) is 9.03. The number of amides is 1. The molecule has 0 bridgehead atoms. The Kier molecular flexibility index (Phi) is 6.09. The highest BCUT2D eigenvalue weighted by atomic mass is 127. The Bertz CT molecular complexity index is 481. The molecule has 1 aromatic carbocycles. The minimum Gasteiger partial charge on any atom is -0.444 e. The zero-order valence-corrected chi connectivity index (χ0v) is 15.6. The molecule has 0 saturated carbocycles. The van der Waals surface area contributed by atoms with E-state index in [1.54, 1.807) is 0 Å². The van der Waals surface area contributed by atoms with Crippen LogP contribution in [-0.2, 0) is 4.74 Å². The largest absolute Gasteiger partial charge is 0.444 e. The summed E-state index contributed by atoms with van der Waals surface area (Å²) in [6.45, 7) is 6.66. The Morgan fingerprint density at radius 3 is 2.59 bits per heavy atom. The van der Waals surface area contributed by atoms with E-state index in [1.807, 2.05) is 39.0 Å². The van der Waals surface area contributed by atoms with Crippen LogP contribution in [0.1, 0.15) is 43.1 Å². The number of nitrogens with one attached hydrogen (secondary N) is 2. The third-order valence-electron chi connectivity index (χ3n) is 3.65. The molecule has 22 heavy (non-hydrogen) atoms. The van der Waals surface area contributed by atoms with E-state index < -0.39 is 5.60 Å². The van der Waals surface area contributed by atoms with Crippen molar-refractivity contribution in [2.45, 2.75) is 55.2 Å². The van der Waals surface area contributed by atoms with Crippen molar-refractivity contribution in [1.29, 1.82) is 0 Å². The first-order chi connectivity index (χ1) is 10.4. The van der Waals surface area contributed by atoms with E-state index in [9.17, 15) is 4.79 Å². The Labute approximate surface area is 146 Å². The Hall–Kier alpha value is -0.820. The molecule has 1 aromatic rings. The lowest BCUT2D eigenvalue weighted by Crippen LogP contribution is -2.50. The molecule has 5 heteroatoms. The number of halogens is 1. The third kappa shape index (κ3) is 5.12. The molecule has 3 atom stereocenters. The fourth-order valence-electron chi connectivity index (χ4n) is 2.68. The van der Waals surface area contributed by atoms with Crippen molar-refractivity contribution in [2.75, 3.05) is 6.54 Å². The summed E-state index contributed by atoms with van der Waals surface area (Å²) in [7, 11) is 0. The van der Waals surface area contributed by atoms with E-state index in [0.29, 0.717) is 0 Å². The zero-order chi connectivity index (χ0) is 16.2. The maximum absolute atomic E-state index is 12.2. The number of rotatable bonds is 4. The molecule has 1 amide bonds. The van der Waals surface area contributed by atoms with E-state index in [1.165, 1.54) is 5.56 Å². The quantitative estimate of drug-likeness (QED) is 0.580. The zero-order valence-electron chi connectivity index (χ0n) is 13.4. The maximum atomic E-state index is 12.2. The van der Waals surface area contributed by atoms with Crippen LogP contribution in [0.4, 0.5) is 4.79 Å². The molecule has 0 spiro atoms. The third-order valence-corrected chi connectivity index (χ3v) is 5.14. The van der Waals surface area contributed by atoms with Crippen LogP contribution in [0.25, 0.3) is 0 Å². The van der Waals surface area contributed by atoms with Crippen molar-refractivity contribution in [3.05, 3.63) is 35.9 Å². The van der Waals surface area contributed by atoms with Crippen LogP contribution in [-0.4, -0.2) is 30.3 Å². The second-order valence-electron chi connectivity index (χ2n) is 6.69. The fraction of sp³-hybridized carbons (Fsp3) is 0.588. The molecule has 4 nitrogen and oxygen atoms in total. The number of carbonyl (C=O) groups excluding carboxylic acids is 1. The molecular weight excluding hydrogens is 391 g/mol. The molecule has 1 saturated heterocycles. The highest BCUT2D eigenvalue weighted by molar-refractivity contribution is 14.1. The Morgan fingerprint density at radius 2 is 2.05 bits per heavy atom. The van der Waals surface area contributed by atoms with Crippen LogP contribution in [0.3, 0.4) is 0 Å². The molecular formula is C17H25IN2O2. The summed E-state index contributed by atoms with van der Waals surface area (Å²) in [6.07, 6.45) is 1.88. The van der Waals surface area contributed by atoms with E-state index in [-0.39, 0.29) is 22.1 Å². The van der Waals surface area contributed by atoms with Crippen molar-refractivity contribution < 1.29 is 9.53 Å².